The SMILES string of the molecule is COc1ccccc1N1CCN(c2ccc(C(=O)NCC(C)C)cn2)CC1. The Labute approximate surface area is 161 Å². The van der Waals surface area contributed by atoms with Crippen LogP contribution in [0.1, 0.15) is 24.2 Å². The largest absolute Gasteiger partial charge is 0.495 e. The minimum Gasteiger partial charge on any atom is -0.495 e. The van der Waals surface area contributed by atoms with E-state index in [1.807, 2.05) is 30.3 Å². The lowest BCUT2D eigenvalue weighted by atomic mass is 10.2. The summed E-state index contributed by atoms with van der Waals surface area (Å²) in [7, 11) is 1.71. The molecule has 1 N–H and O–H groups in total. The number of benzene rings is 1. The number of hydrogen-bond donors (Lipinski definition) is 1. The van der Waals surface area contributed by atoms with Gasteiger partial charge in [-0.3, -0.25) is 4.79 Å². The molecule has 1 amide bonds. The second-order valence-corrected chi connectivity index (χ2v) is 7.15. The Hall–Kier alpha value is -2.76. The average Bonchev–Trinajstić information content (AvgIpc) is 2.72. The minimum atomic E-state index is -0.0660. The lowest BCUT2D eigenvalue weighted by Crippen LogP contribution is -2.47. The van der Waals surface area contributed by atoms with Gasteiger partial charge >= 0.3 is 0 Å². The number of piperazine rings is 1. The van der Waals surface area contributed by atoms with E-state index in [0.29, 0.717) is 18.0 Å². The second kappa shape index (κ2) is 8.75. The van der Waals surface area contributed by atoms with Crippen molar-refractivity contribution in [3.05, 3.63) is 48.2 Å². The van der Waals surface area contributed by atoms with E-state index in [1.165, 1.54) is 0 Å². The molecular formula is C21H28N4O2. The van der Waals surface area contributed by atoms with E-state index in [0.717, 1.165) is 43.4 Å². The Balaban J connectivity index is 1.59. The van der Waals surface area contributed by atoms with Crippen molar-refractivity contribution in [2.45, 2.75) is 13.8 Å². The maximum atomic E-state index is 12.1. The van der Waals surface area contributed by atoms with Gasteiger partial charge in [-0.05, 0) is 30.2 Å². The molecule has 0 unspecified atom stereocenters. The normalized spacial score (nSPS) is 14.4. The standard InChI is InChI=1S/C21H28N4O2/c1-16(2)14-23-21(26)17-8-9-20(22-15-17)25-12-10-24(11-13-25)18-6-4-5-7-19(18)27-3/h4-9,15-16H,10-14H2,1-3H3,(H,23,26). The first kappa shape index (κ1) is 19.0. The molecule has 1 aliphatic heterocycles. The summed E-state index contributed by atoms with van der Waals surface area (Å²) >= 11 is 0. The Morgan fingerprint density at radius 2 is 1.81 bits per heavy atom. The molecule has 6 nitrogen and oxygen atoms in total. The highest BCUT2D eigenvalue weighted by molar-refractivity contribution is 5.94. The van der Waals surface area contributed by atoms with E-state index < -0.39 is 0 Å². The molecule has 0 bridgehead atoms. The number of aromatic nitrogens is 1. The van der Waals surface area contributed by atoms with E-state index in [4.69, 9.17) is 4.74 Å². The number of carbonyl (C=O) groups excluding carboxylic acids is 1. The number of rotatable bonds is 6. The summed E-state index contributed by atoms with van der Waals surface area (Å²) in [6, 6.07) is 11.9. The quantitative estimate of drug-likeness (QED) is 0.850. The third-order valence-electron chi connectivity index (χ3n) is 4.71. The summed E-state index contributed by atoms with van der Waals surface area (Å²) in [5.41, 5.74) is 1.73. The van der Waals surface area contributed by atoms with Crippen molar-refractivity contribution in [2.75, 3.05) is 49.6 Å². The van der Waals surface area contributed by atoms with Crippen molar-refractivity contribution in [1.29, 1.82) is 0 Å². The van der Waals surface area contributed by atoms with Gasteiger partial charge in [-0.15, -0.1) is 0 Å². The van der Waals surface area contributed by atoms with Crippen LogP contribution in [-0.2, 0) is 0 Å². The molecule has 1 aromatic carbocycles. The first-order chi connectivity index (χ1) is 13.1. The molecule has 1 aromatic heterocycles. The van der Waals surface area contributed by atoms with Gasteiger partial charge in [-0.2, -0.15) is 0 Å². The maximum absolute atomic E-state index is 12.1. The van der Waals surface area contributed by atoms with Gasteiger partial charge in [-0.1, -0.05) is 26.0 Å². The van der Waals surface area contributed by atoms with Crippen LogP contribution in [0, 0.1) is 5.92 Å². The van der Waals surface area contributed by atoms with E-state index in [-0.39, 0.29) is 5.91 Å². The van der Waals surface area contributed by atoms with Gasteiger partial charge in [0.1, 0.15) is 11.6 Å². The number of anilines is 2. The number of pyridine rings is 1. The molecular weight excluding hydrogens is 340 g/mol. The van der Waals surface area contributed by atoms with Crippen LogP contribution < -0.4 is 19.9 Å². The Morgan fingerprint density at radius 1 is 1.11 bits per heavy atom. The molecule has 0 atom stereocenters. The molecule has 1 fully saturated rings. The van der Waals surface area contributed by atoms with Gasteiger partial charge in [0, 0.05) is 38.9 Å². The Kier molecular flexibility index (Phi) is 6.16. The van der Waals surface area contributed by atoms with Crippen LogP contribution in [0.15, 0.2) is 42.6 Å². The van der Waals surface area contributed by atoms with Gasteiger partial charge in [0.2, 0.25) is 0 Å². The lowest BCUT2D eigenvalue weighted by molar-refractivity contribution is 0.0948. The Bertz CT molecular complexity index is 753. The summed E-state index contributed by atoms with van der Waals surface area (Å²) in [4.78, 5) is 21.2. The molecule has 0 saturated carbocycles. The summed E-state index contributed by atoms with van der Waals surface area (Å²) in [6.45, 7) is 8.38. The van der Waals surface area contributed by atoms with Crippen molar-refractivity contribution in [3.63, 3.8) is 0 Å². The number of methoxy groups -OCH3 is 1. The summed E-state index contributed by atoms with van der Waals surface area (Å²) in [5.74, 6) is 2.18. The fourth-order valence-corrected chi connectivity index (χ4v) is 3.17. The molecule has 0 spiro atoms. The number of carbonyl (C=O) groups is 1. The van der Waals surface area contributed by atoms with Gasteiger partial charge in [0.15, 0.2) is 0 Å². The number of para-hydroxylation sites is 2. The average molecular weight is 368 g/mol. The molecule has 2 heterocycles. The van der Waals surface area contributed by atoms with E-state index in [9.17, 15) is 4.79 Å². The van der Waals surface area contributed by atoms with Gasteiger partial charge in [-0.25, -0.2) is 4.98 Å². The number of ether oxygens (including phenoxy) is 1. The summed E-state index contributed by atoms with van der Waals surface area (Å²) in [6.07, 6.45) is 1.66. The van der Waals surface area contributed by atoms with Crippen LogP contribution in [-0.4, -0.2) is 50.7 Å². The van der Waals surface area contributed by atoms with Crippen LogP contribution in [0.4, 0.5) is 11.5 Å². The fourth-order valence-electron chi connectivity index (χ4n) is 3.17. The first-order valence-electron chi connectivity index (χ1n) is 9.45. The highest BCUT2D eigenvalue weighted by Gasteiger charge is 2.20. The zero-order valence-corrected chi connectivity index (χ0v) is 16.3. The van der Waals surface area contributed by atoms with E-state index in [1.54, 1.807) is 13.3 Å². The van der Waals surface area contributed by atoms with Crippen molar-refractivity contribution in [1.82, 2.24) is 10.3 Å². The molecule has 6 heteroatoms. The van der Waals surface area contributed by atoms with Gasteiger partial charge < -0.3 is 19.9 Å². The summed E-state index contributed by atoms with van der Waals surface area (Å²) < 4.78 is 5.47. The fraction of sp³-hybridized carbons (Fsp3) is 0.429. The highest BCUT2D eigenvalue weighted by Crippen LogP contribution is 2.28. The minimum absolute atomic E-state index is 0.0660. The first-order valence-corrected chi connectivity index (χ1v) is 9.45. The van der Waals surface area contributed by atoms with E-state index >= 15 is 0 Å². The maximum Gasteiger partial charge on any atom is 0.252 e. The van der Waals surface area contributed by atoms with Gasteiger partial charge in [0.05, 0.1) is 18.4 Å². The number of nitrogens with zero attached hydrogens (tertiary/aromatic N) is 3. The monoisotopic (exact) mass is 368 g/mol. The van der Waals surface area contributed by atoms with Crippen molar-refractivity contribution in [2.24, 2.45) is 5.92 Å². The zero-order chi connectivity index (χ0) is 19.2. The van der Waals surface area contributed by atoms with Crippen LogP contribution in [0.3, 0.4) is 0 Å². The molecule has 0 radical (unpaired) electrons. The molecule has 2 aromatic rings. The van der Waals surface area contributed by atoms with Crippen LogP contribution in [0.2, 0.25) is 0 Å². The smallest absolute Gasteiger partial charge is 0.252 e. The van der Waals surface area contributed by atoms with E-state index in [2.05, 4.69) is 40.0 Å². The highest BCUT2D eigenvalue weighted by atomic mass is 16.5. The van der Waals surface area contributed by atoms with Gasteiger partial charge in [0.25, 0.3) is 5.91 Å². The third-order valence-corrected chi connectivity index (χ3v) is 4.71. The molecule has 0 aliphatic carbocycles. The predicted molar refractivity (Wildman–Crippen MR) is 109 cm³/mol. The van der Waals surface area contributed by atoms with Crippen LogP contribution in [0.25, 0.3) is 0 Å². The zero-order valence-electron chi connectivity index (χ0n) is 16.3. The van der Waals surface area contributed by atoms with Crippen molar-refractivity contribution in [3.8, 4) is 5.75 Å². The Morgan fingerprint density at radius 3 is 2.44 bits per heavy atom. The topological polar surface area (TPSA) is 57.7 Å². The predicted octanol–water partition coefficient (Wildman–Crippen LogP) is 2.80. The number of hydrogen-bond acceptors (Lipinski definition) is 5. The molecule has 1 aliphatic rings. The molecule has 144 valence electrons. The van der Waals surface area contributed by atoms with Crippen LogP contribution in [0.5, 0.6) is 5.75 Å². The second-order valence-electron chi connectivity index (χ2n) is 7.15. The molecule has 27 heavy (non-hydrogen) atoms. The molecule has 1 saturated heterocycles. The van der Waals surface area contributed by atoms with Crippen molar-refractivity contribution < 1.29 is 9.53 Å². The van der Waals surface area contributed by atoms with Crippen LogP contribution >= 0.6 is 0 Å². The van der Waals surface area contributed by atoms with Crippen molar-refractivity contribution >= 4 is 17.4 Å². The molecule has 3 rings (SSSR count). The lowest BCUT2D eigenvalue weighted by Gasteiger charge is -2.37. The summed E-state index contributed by atoms with van der Waals surface area (Å²) in [5, 5.41) is 2.92. The number of nitrogens with one attached hydrogen (secondary N) is 1. The number of amides is 1. The third kappa shape index (κ3) is 4.70.